The molecular formula is C18H13ClFN5S. The van der Waals surface area contributed by atoms with Gasteiger partial charge in [0.2, 0.25) is 5.16 Å². The van der Waals surface area contributed by atoms with Crippen LogP contribution in [-0.2, 0) is 5.75 Å². The quantitative estimate of drug-likeness (QED) is 0.322. The molecule has 2 heterocycles. The standard InChI is InChI=1S/C18H13ClFN5S/c19-16-13(8-11-4-1-2-7-15(11)22-16)10-26-18-24-23-17(25(18)21)12-5-3-6-14(20)9-12/h1-9H,10,21H2. The highest BCUT2D eigenvalue weighted by atomic mass is 35.5. The molecule has 2 aromatic carbocycles. The lowest BCUT2D eigenvalue weighted by atomic mass is 10.2. The molecule has 0 aliphatic heterocycles. The van der Waals surface area contributed by atoms with Gasteiger partial charge in [-0.1, -0.05) is 53.7 Å². The SMILES string of the molecule is Nn1c(SCc2cc3ccccc3nc2Cl)nnc1-c1cccc(F)c1. The maximum Gasteiger partial charge on any atom is 0.210 e. The van der Waals surface area contributed by atoms with Gasteiger partial charge in [0.15, 0.2) is 5.82 Å². The average molecular weight is 386 g/mol. The van der Waals surface area contributed by atoms with Crippen LogP contribution in [0.25, 0.3) is 22.3 Å². The highest BCUT2D eigenvalue weighted by molar-refractivity contribution is 7.98. The number of nitrogen functional groups attached to an aromatic ring is 1. The molecule has 8 heteroatoms. The summed E-state index contributed by atoms with van der Waals surface area (Å²) in [7, 11) is 0. The number of rotatable bonds is 4. The van der Waals surface area contributed by atoms with Crippen LogP contribution in [-0.4, -0.2) is 19.9 Å². The fourth-order valence-corrected chi connectivity index (χ4v) is 3.70. The number of para-hydroxylation sites is 1. The fourth-order valence-electron chi connectivity index (χ4n) is 2.58. The van der Waals surface area contributed by atoms with E-state index in [4.69, 9.17) is 17.4 Å². The Hall–Kier alpha value is -2.64. The molecule has 0 fully saturated rings. The Morgan fingerprint density at radius 1 is 1.08 bits per heavy atom. The number of hydrogen-bond donors (Lipinski definition) is 1. The zero-order valence-electron chi connectivity index (χ0n) is 13.4. The second-order valence-electron chi connectivity index (χ2n) is 5.61. The molecule has 0 saturated heterocycles. The zero-order valence-corrected chi connectivity index (χ0v) is 15.0. The van der Waals surface area contributed by atoms with Crippen LogP contribution in [0.15, 0.2) is 59.8 Å². The van der Waals surface area contributed by atoms with Crippen LogP contribution in [0.4, 0.5) is 4.39 Å². The molecular weight excluding hydrogens is 373 g/mol. The maximum atomic E-state index is 13.4. The summed E-state index contributed by atoms with van der Waals surface area (Å²) in [5.74, 6) is 6.66. The number of aromatic nitrogens is 4. The lowest BCUT2D eigenvalue weighted by molar-refractivity contribution is 0.628. The van der Waals surface area contributed by atoms with Crippen LogP contribution in [0.1, 0.15) is 5.56 Å². The Balaban J connectivity index is 1.58. The third-order valence-electron chi connectivity index (χ3n) is 3.85. The largest absolute Gasteiger partial charge is 0.335 e. The van der Waals surface area contributed by atoms with Gasteiger partial charge in [0.1, 0.15) is 11.0 Å². The van der Waals surface area contributed by atoms with Gasteiger partial charge in [-0.05, 0) is 24.3 Å². The van der Waals surface area contributed by atoms with E-state index >= 15 is 0 Å². The molecule has 0 atom stereocenters. The summed E-state index contributed by atoms with van der Waals surface area (Å²) in [6.45, 7) is 0. The second-order valence-corrected chi connectivity index (χ2v) is 6.91. The van der Waals surface area contributed by atoms with Gasteiger partial charge in [-0.3, -0.25) is 0 Å². The number of nitrogens with two attached hydrogens (primary N) is 1. The first-order valence-electron chi connectivity index (χ1n) is 7.75. The second kappa shape index (κ2) is 6.93. The summed E-state index contributed by atoms with van der Waals surface area (Å²) in [5.41, 5.74) is 2.30. The minimum atomic E-state index is -0.353. The number of benzene rings is 2. The molecule has 0 aliphatic carbocycles. The molecule has 26 heavy (non-hydrogen) atoms. The monoisotopic (exact) mass is 385 g/mol. The number of pyridine rings is 1. The van der Waals surface area contributed by atoms with Crippen molar-refractivity contribution >= 4 is 34.3 Å². The summed E-state index contributed by atoms with van der Waals surface area (Å²) >= 11 is 7.68. The first-order valence-corrected chi connectivity index (χ1v) is 9.11. The lowest BCUT2D eigenvalue weighted by Gasteiger charge is -2.06. The van der Waals surface area contributed by atoms with Gasteiger partial charge in [0.05, 0.1) is 5.52 Å². The molecule has 2 N–H and O–H groups in total. The summed E-state index contributed by atoms with van der Waals surface area (Å²) in [6, 6.07) is 15.9. The smallest absolute Gasteiger partial charge is 0.210 e. The van der Waals surface area contributed by atoms with Crippen LogP contribution in [0, 0.1) is 5.82 Å². The number of fused-ring (bicyclic) bond motifs is 1. The molecule has 0 aliphatic rings. The van der Waals surface area contributed by atoms with E-state index in [2.05, 4.69) is 15.2 Å². The van der Waals surface area contributed by atoms with E-state index < -0.39 is 0 Å². The third-order valence-corrected chi connectivity index (χ3v) is 5.17. The number of halogens is 2. The molecule has 0 bridgehead atoms. The number of hydrogen-bond acceptors (Lipinski definition) is 5. The summed E-state index contributed by atoms with van der Waals surface area (Å²) in [6.07, 6.45) is 0. The van der Waals surface area contributed by atoms with Gasteiger partial charge in [0.25, 0.3) is 0 Å². The summed E-state index contributed by atoms with van der Waals surface area (Å²) < 4.78 is 14.8. The molecule has 0 unspecified atom stereocenters. The van der Waals surface area contributed by atoms with Gasteiger partial charge in [0, 0.05) is 22.3 Å². The van der Waals surface area contributed by atoms with E-state index in [1.807, 2.05) is 30.3 Å². The van der Waals surface area contributed by atoms with E-state index in [0.29, 0.717) is 27.5 Å². The predicted molar refractivity (Wildman–Crippen MR) is 102 cm³/mol. The summed E-state index contributed by atoms with van der Waals surface area (Å²) in [4.78, 5) is 4.41. The van der Waals surface area contributed by atoms with Crippen molar-refractivity contribution in [2.45, 2.75) is 10.9 Å². The molecule has 0 amide bonds. The normalized spacial score (nSPS) is 11.2. The van der Waals surface area contributed by atoms with Crippen LogP contribution < -0.4 is 5.84 Å². The topological polar surface area (TPSA) is 69.6 Å². The van der Waals surface area contributed by atoms with Crippen molar-refractivity contribution in [1.29, 1.82) is 0 Å². The van der Waals surface area contributed by atoms with E-state index in [1.54, 1.807) is 12.1 Å². The van der Waals surface area contributed by atoms with Gasteiger partial charge in [-0.15, -0.1) is 10.2 Å². The van der Waals surface area contributed by atoms with Crippen molar-refractivity contribution in [3.05, 3.63) is 71.1 Å². The maximum absolute atomic E-state index is 13.4. The molecule has 0 spiro atoms. The first-order chi connectivity index (χ1) is 12.6. The van der Waals surface area contributed by atoms with Crippen molar-refractivity contribution < 1.29 is 4.39 Å². The first kappa shape index (κ1) is 16.8. The van der Waals surface area contributed by atoms with Gasteiger partial charge in [-0.2, -0.15) is 0 Å². The highest BCUT2D eigenvalue weighted by Crippen LogP contribution is 2.28. The predicted octanol–water partition coefficient (Wildman–Crippen LogP) is 4.29. The van der Waals surface area contributed by atoms with Crippen molar-refractivity contribution in [2.24, 2.45) is 0 Å². The number of nitrogens with zero attached hydrogens (tertiary/aromatic N) is 4. The van der Waals surface area contributed by atoms with Crippen molar-refractivity contribution in [3.63, 3.8) is 0 Å². The van der Waals surface area contributed by atoms with Crippen molar-refractivity contribution in [1.82, 2.24) is 19.9 Å². The van der Waals surface area contributed by atoms with Crippen LogP contribution in [0.2, 0.25) is 5.15 Å². The van der Waals surface area contributed by atoms with Crippen LogP contribution >= 0.6 is 23.4 Å². The Bertz CT molecular complexity index is 1100. The van der Waals surface area contributed by atoms with E-state index in [0.717, 1.165) is 16.5 Å². The Labute approximate surface area is 158 Å². The van der Waals surface area contributed by atoms with Crippen molar-refractivity contribution in [2.75, 3.05) is 5.84 Å². The number of thioether (sulfide) groups is 1. The lowest BCUT2D eigenvalue weighted by Crippen LogP contribution is -2.11. The third kappa shape index (κ3) is 3.23. The Morgan fingerprint density at radius 3 is 2.77 bits per heavy atom. The molecule has 0 radical (unpaired) electrons. The molecule has 4 rings (SSSR count). The van der Waals surface area contributed by atoms with E-state index in [9.17, 15) is 4.39 Å². The zero-order chi connectivity index (χ0) is 18.1. The average Bonchev–Trinajstić information content (AvgIpc) is 3.00. The van der Waals surface area contributed by atoms with Crippen LogP contribution in [0.3, 0.4) is 0 Å². The highest BCUT2D eigenvalue weighted by Gasteiger charge is 2.14. The van der Waals surface area contributed by atoms with E-state index in [1.165, 1.54) is 28.6 Å². The van der Waals surface area contributed by atoms with Crippen molar-refractivity contribution in [3.8, 4) is 11.4 Å². The molecule has 0 saturated carbocycles. The Kier molecular flexibility index (Phi) is 4.48. The van der Waals surface area contributed by atoms with E-state index in [-0.39, 0.29) is 5.82 Å². The minimum absolute atomic E-state index is 0.353. The fraction of sp³-hybridized carbons (Fsp3) is 0.0556. The molecule has 4 aromatic rings. The molecule has 5 nitrogen and oxygen atoms in total. The molecule has 2 aromatic heterocycles. The minimum Gasteiger partial charge on any atom is -0.335 e. The molecule has 130 valence electrons. The van der Waals surface area contributed by atoms with Gasteiger partial charge < -0.3 is 5.84 Å². The Morgan fingerprint density at radius 2 is 1.92 bits per heavy atom. The summed E-state index contributed by atoms with van der Waals surface area (Å²) in [5, 5.41) is 10.1. The van der Waals surface area contributed by atoms with Crippen LogP contribution in [0.5, 0.6) is 0 Å². The van der Waals surface area contributed by atoms with Gasteiger partial charge >= 0.3 is 0 Å². The van der Waals surface area contributed by atoms with Gasteiger partial charge in [-0.25, -0.2) is 14.1 Å².